The molecular weight excluding hydrogens is 276 g/mol. The summed E-state index contributed by atoms with van der Waals surface area (Å²) in [4.78, 5) is 2.37. The second-order valence-corrected chi connectivity index (χ2v) is 5.87. The van der Waals surface area contributed by atoms with Gasteiger partial charge in [0.25, 0.3) is 0 Å². The summed E-state index contributed by atoms with van der Waals surface area (Å²) in [5.74, 6) is 0.710. The van der Waals surface area contributed by atoms with E-state index in [-0.39, 0.29) is 0 Å². The van der Waals surface area contributed by atoms with Gasteiger partial charge in [0, 0.05) is 17.1 Å². The number of piperidine rings is 1. The van der Waals surface area contributed by atoms with Gasteiger partial charge in [-0.1, -0.05) is 22.9 Å². The van der Waals surface area contributed by atoms with Gasteiger partial charge in [-0.2, -0.15) is 5.26 Å². The third-order valence-corrected chi connectivity index (χ3v) is 4.00. The van der Waals surface area contributed by atoms with Crippen LogP contribution in [0.2, 0.25) is 0 Å². The van der Waals surface area contributed by atoms with Crippen molar-refractivity contribution in [3.05, 3.63) is 28.2 Å². The van der Waals surface area contributed by atoms with E-state index < -0.39 is 0 Å². The molecule has 2 atom stereocenters. The molecule has 0 amide bonds. The molecule has 0 saturated carbocycles. The van der Waals surface area contributed by atoms with E-state index >= 15 is 0 Å². The number of hydrogen-bond acceptors (Lipinski definition) is 2. The van der Waals surface area contributed by atoms with Crippen molar-refractivity contribution in [2.45, 2.75) is 32.7 Å². The molecule has 90 valence electrons. The maximum absolute atomic E-state index is 9.23. The van der Waals surface area contributed by atoms with Gasteiger partial charge in [0.05, 0.1) is 11.3 Å². The van der Waals surface area contributed by atoms with Crippen molar-refractivity contribution in [3.8, 4) is 6.07 Å². The van der Waals surface area contributed by atoms with E-state index in [1.165, 1.54) is 12.8 Å². The molecular formula is C14H17BrN2. The van der Waals surface area contributed by atoms with Crippen LogP contribution in [-0.2, 0) is 0 Å². The quantitative estimate of drug-likeness (QED) is 0.784. The standard InChI is InChI=1S/C14H17BrN2/c1-10-3-4-11(2)17(9-10)14-6-5-13(15)7-12(14)8-16/h5-7,10-11H,3-4,9H2,1-2H3. The van der Waals surface area contributed by atoms with Crippen molar-refractivity contribution < 1.29 is 0 Å². The van der Waals surface area contributed by atoms with Crippen LogP contribution in [0.1, 0.15) is 32.3 Å². The van der Waals surface area contributed by atoms with Gasteiger partial charge in [0.15, 0.2) is 0 Å². The molecule has 0 bridgehead atoms. The van der Waals surface area contributed by atoms with E-state index in [2.05, 4.69) is 46.8 Å². The highest BCUT2D eigenvalue weighted by Crippen LogP contribution is 2.31. The van der Waals surface area contributed by atoms with E-state index in [9.17, 15) is 5.26 Å². The number of benzene rings is 1. The Balaban J connectivity index is 2.35. The summed E-state index contributed by atoms with van der Waals surface area (Å²) in [6, 6.07) is 8.80. The fraction of sp³-hybridized carbons (Fsp3) is 0.500. The van der Waals surface area contributed by atoms with Gasteiger partial charge in [-0.25, -0.2) is 0 Å². The van der Waals surface area contributed by atoms with Crippen LogP contribution < -0.4 is 4.90 Å². The summed E-state index contributed by atoms with van der Waals surface area (Å²) in [5.41, 5.74) is 1.84. The molecule has 2 nitrogen and oxygen atoms in total. The van der Waals surface area contributed by atoms with Crippen LogP contribution in [0.15, 0.2) is 22.7 Å². The van der Waals surface area contributed by atoms with Crippen LogP contribution in [0, 0.1) is 17.2 Å². The lowest BCUT2D eigenvalue weighted by molar-refractivity contribution is 0.390. The Hall–Kier alpha value is -1.01. The average molecular weight is 293 g/mol. The molecule has 1 aromatic rings. The molecule has 1 aliphatic rings. The summed E-state index contributed by atoms with van der Waals surface area (Å²) in [7, 11) is 0. The topological polar surface area (TPSA) is 27.0 Å². The molecule has 0 spiro atoms. The lowest BCUT2D eigenvalue weighted by Crippen LogP contribution is -2.41. The van der Waals surface area contributed by atoms with Crippen molar-refractivity contribution in [1.82, 2.24) is 0 Å². The van der Waals surface area contributed by atoms with E-state index in [1.54, 1.807) is 0 Å². The molecule has 0 N–H and O–H groups in total. The van der Waals surface area contributed by atoms with Gasteiger partial charge in [-0.15, -0.1) is 0 Å². The minimum Gasteiger partial charge on any atom is -0.367 e. The molecule has 2 unspecified atom stereocenters. The van der Waals surface area contributed by atoms with Gasteiger partial charge in [-0.3, -0.25) is 0 Å². The van der Waals surface area contributed by atoms with Gasteiger partial charge in [-0.05, 0) is 43.9 Å². The zero-order valence-electron chi connectivity index (χ0n) is 10.3. The average Bonchev–Trinajstić information content (AvgIpc) is 2.32. The molecule has 0 radical (unpaired) electrons. The van der Waals surface area contributed by atoms with E-state index in [4.69, 9.17) is 0 Å². The first-order valence-electron chi connectivity index (χ1n) is 6.08. The Kier molecular flexibility index (Phi) is 3.73. The number of hydrogen-bond donors (Lipinski definition) is 0. The lowest BCUT2D eigenvalue weighted by atomic mass is 9.94. The monoisotopic (exact) mass is 292 g/mol. The number of halogens is 1. The molecule has 2 rings (SSSR count). The first kappa shape index (κ1) is 12.4. The molecule has 3 heteroatoms. The van der Waals surface area contributed by atoms with Crippen molar-refractivity contribution in [2.75, 3.05) is 11.4 Å². The maximum Gasteiger partial charge on any atom is 0.101 e. The Morgan fingerprint density at radius 2 is 2.12 bits per heavy atom. The minimum atomic E-state index is 0.527. The summed E-state index contributed by atoms with van der Waals surface area (Å²) in [6.07, 6.45) is 2.50. The van der Waals surface area contributed by atoms with E-state index in [0.29, 0.717) is 12.0 Å². The van der Waals surface area contributed by atoms with E-state index in [1.807, 2.05) is 12.1 Å². The lowest BCUT2D eigenvalue weighted by Gasteiger charge is -2.39. The first-order chi connectivity index (χ1) is 8.11. The van der Waals surface area contributed by atoms with Crippen molar-refractivity contribution in [2.24, 2.45) is 5.92 Å². The molecule has 17 heavy (non-hydrogen) atoms. The fourth-order valence-electron chi connectivity index (χ4n) is 2.47. The normalized spacial score (nSPS) is 24.5. The predicted molar refractivity (Wildman–Crippen MR) is 74.1 cm³/mol. The molecule has 1 aliphatic heterocycles. The molecule has 0 aromatic heterocycles. The molecule has 1 heterocycles. The van der Waals surface area contributed by atoms with Crippen molar-refractivity contribution >= 4 is 21.6 Å². The van der Waals surface area contributed by atoms with Crippen molar-refractivity contribution in [1.29, 1.82) is 5.26 Å². The largest absolute Gasteiger partial charge is 0.367 e. The molecule has 1 aromatic carbocycles. The molecule has 1 saturated heterocycles. The highest BCUT2D eigenvalue weighted by Gasteiger charge is 2.24. The third-order valence-electron chi connectivity index (χ3n) is 3.51. The number of nitriles is 1. The summed E-state index contributed by atoms with van der Waals surface area (Å²) >= 11 is 3.42. The SMILES string of the molecule is CC1CCC(C)N(c2ccc(Br)cc2C#N)C1. The smallest absolute Gasteiger partial charge is 0.101 e. The van der Waals surface area contributed by atoms with Gasteiger partial charge in [0.1, 0.15) is 6.07 Å². The number of rotatable bonds is 1. The van der Waals surface area contributed by atoms with Crippen molar-refractivity contribution in [3.63, 3.8) is 0 Å². The van der Waals surface area contributed by atoms with Crippen LogP contribution >= 0.6 is 15.9 Å². The van der Waals surface area contributed by atoms with Crippen LogP contribution in [0.5, 0.6) is 0 Å². The molecule has 1 fully saturated rings. The minimum absolute atomic E-state index is 0.527. The van der Waals surface area contributed by atoms with Gasteiger partial charge < -0.3 is 4.90 Å². The predicted octanol–water partition coefficient (Wildman–Crippen LogP) is 3.95. The Bertz CT molecular complexity index is 450. The number of nitrogens with zero attached hydrogens (tertiary/aromatic N) is 2. The van der Waals surface area contributed by atoms with Crippen LogP contribution in [-0.4, -0.2) is 12.6 Å². The third kappa shape index (κ3) is 2.63. The second-order valence-electron chi connectivity index (χ2n) is 4.96. The fourth-order valence-corrected chi connectivity index (χ4v) is 2.83. The summed E-state index contributed by atoms with van der Waals surface area (Å²) < 4.78 is 0.968. The Morgan fingerprint density at radius 1 is 1.35 bits per heavy atom. The summed E-state index contributed by atoms with van der Waals surface area (Å²) in [6.45, 7) is 5.58. The maximum atomic E-state index is 9.23. The van der Waals surface area contributed by atoms with Crippen LogP contribution in [0.25, 0.3) is 0 Å². The highest BCUT2D eigenvalue weighted by atomic mass is 79.9. The second kappa shape index (κ2) is 5.10. The zero-order chi connectivity index (χ0) is 12.4. The highest BCUT2D eigenvalue weighted by molar-refractivity contribution is 9.10. The van der Waals surface area contributed by atoms with E-state index in [0.717, 1.165) is 22.3 Å². The summed E-state index contributed by atoms with van der Waals surface area (Å²) in [5, 5.41) is 9.23. The first-order valence-corrected chi connectivity index (χ1v) is 6.87. The van der Waals surface area contributed by atoms with Crippen LogP contribution in [0.3, 0.4) is 0 Å². The van der Waals surface area contributed by atoms with Gasteiger partial charge >= 0.3 is 0 Å². The Morgan fingerprint density at radius 3 is 2.82 bits per heavy atom. The Labute approximate surface area is 111 Å². The molecule has 0 aliphatic carbocycles. The van der Waals surface area contributed by atoms with Gasteiger partial charge in [0.2, 0.25) is 0 Å². The zero-order valence-corrected chi connectivity index (χ0v) is 11.9. The number of anilines is 1. The van der Waals surface area contributed by atoms with Crippen LogP contribution in [0.4, 0.5) is 5.69 Å².